The standard InChI is InChI=1S/C24H32Br4N2O3Si2/c1-34(2,9-5-7-29-15-17-11-19(25)13-21(27)23(17)31)33-35(3,4)10-6-8-30-16-18-12-20(26)14-22(28)24(18)32/h11-16,31-32H,5-10H2,1-4H3. The van der Waals surface area contributed by atoms with Crippen LogP contribution in [0.5, 0.6) is 11.5 Å². The van der Waals surface area contributed by atoms with Crippen LogP contribution in [0.4, 0.5) is 0 Å². The van der Waals surface area contributed by atoms with Crippen molar-refractivity contribution >= 4 is 92.8 Å². The van der Waals surface area contributed by atoms with E-state index >= 15 is 0 Å². The van der Waals surface area contributed by atoms with Crippen molar-refractivity contribution < 1.29 is 14.3 Å². The number of aromatic hydroxyl groups is 2. The summed E-state index contributed by atoms with van der Waals surface area (Å²) in [6.07, 6.45) is 5.39. The van der Waals surface area contributed by atoms with Crippen molar-refractivity contribution in [2.75, 3.05) is 13.1 Å². The van der Waals surface area contributed by atoms with Gasteiger partial charge in [-0.05, 0) is 107 Å². The minimum absolute atomic E-state index is 0.202. The number of aliphatic imine (C=N–C) groups is 2. The fourth-order valence-corrected chi connectivity index (χ4v) is 15.1. The maximum absolute atomic E-state index is 10.1. The number of halogens is 4. The number of rotatable bonds is 12. The summed E-state index contributed by atoms with van der Waals surface area (Å²) in [6.45, 7) is 10.6. The molecule has 0 aliphatic rings. The van der Waals surface area contributed by atoms with E-state index in [0.29, 0.717) is 33.2 Å². The summed E-state index contributed by atoms with van der Waals surface area (Å²) >= 11 is 13.6. The minimum atomic E-state index is -1.80. The number of benzene rings is 2. The topological polar surface area (TPSA) is 74.4 Å². The van der Waals surface area contributed by atoms with Crippen LogP contribution in [-0.2, 0) is 4.12 Å². The molecule has 0 saturated carbocycles. The van der Waals surface area contributed by atoms with Gasteiger partial charge in [-0.2, -0.15) is 0 Å². The molecule has 0 amide bonds. The number of phenolic OH excluding ortho intramolecular Hbond substituents is 2. The summed E-state index contributed by atoms with van der Waals surface area (Å²) in [6, 6.07) is 9.41. The normalized spacial score (nSPS) is 12.8. The number of hydrogen-bond acceptors (Lipinski definition) is 5. The zero-order chi connectivity index (χ0) is 26.2. The zero-order valence-corrected chi connectivity index (χ0v) is 28.8. The Kier molecular flexibility index (Phi) is 12.4. The Balaban J connectivity index is 1.77. The van der Waals surface area contributed by atoms with E-state index in [9.17, 15) is 10.2 Å². The summed E-state index contributed by atoms with van der Waals surface area (Å²) in [7, 11) is -3.59. The molecule has 0 fully saturated rings. The van der Waals surface area contributed by atoms with Crippen molar-refractivity contribution in [1.82, 2.24) is 0 Å². The Morgan fingerprint density at radius 2 is 1.09 bits per heavy atom. The van der Waals surface area contributed by atoms with Crippen LogP contribution in [0.2, 0.25) is 38.3 Å². The van der Waals surface area contributed by atoms with E-state index in [-0.39, 0.29) is 11.5 Å². The van der Waals surface area contributed by atoms with Gasteiger partial charge in [0.1, 0.15) is 11.5 Å². The van der Waals surface area contributed by atoms with E-state index in [0.717, 1.165) is 33.9 Å². The first kappa shape index (κ1) is 30.9. The molecule has 0 atom stereocenters. The summed E-state index contributed by atoms with van der Waals surface area (Å²) in [5.74, 6) is 0.404. The first-order chi connectivity index (χ1) is 16.3. The monoisotopic (exact) mass is 768 g/mol. The molecule has 0 aliphatic heterocycles. The van der Waals surface area contributed by atoms with Gasteiger partial charge in [-0.15, -0.1) is 0 Å². The smallest absolute Gasteiger partial charge is 0.173 e. The van der Waals surface area contributed by atoms with Crippen molar-refractivity contribution in [2.24, 2.45) is 9.98 Å². The highest BCUT2D eigenvalue weighted by atomic mass is 79.9. The fraction of sp³-hybridized carbons (Fsp3) is 0.417. The average Bonchev–Trinajstić information content (AvgIpc) is 2.73. The lowest BCUT2D eigenvalue weighted by Crippen LogP contribution is -2.44. The molecule has 35 heavy (non-hydrogen) atoms. The van der Waals surface area contributed by atoms with Gasteiger partial charge in [0.25, 0.3) is 0 Å². The molecular weight excluding hydrogens is 740 g/mol. The molecule has 2 aromatic rings. The number of nitrogens with zero attached hydrogens (tertiary/aromatic N) is 2. The Morgan fingerprint density at radius 3 is 1.46 bits per heavy atom. The van der Waals surface area contributed by atoms with E-state index < -0.39 is 16.6 Å². The summed E-state index contributed by atoms with van der Waals surface area (Å²) in [4.78, 5) is 9.02. The maximum Gasteiger partial charge on any atom is 0.173 e. The van der Waals surface area contributed by atoms with Crippen LogP contribution >= 0.6 is 63.7 Å². The number of hydrogen-bond donors (Lipinski definition) is 2. The average molecular weight is 772 g/mol. The van der Waals surface area contributed by atoms with Crippen molar-refractivity contribution in [3.05, 3.63) is 53.3 Å². The predicted molar refractivity (Wildman–Crippen MR) is 167 cm³/mol. The number of phenols is 2. The first-order valence-electron chi connectivity index (χ1n) is 11.4. The molecular formula is C24H32Br4N2O3Si2. The van der Waals surface area contributed by atoms with Crippen molar-refractivity contribution in [2.45, 2.75) is 51.1 Å². The van der Waals surface area contributed by atoms with Crippen LogP contribution in [-0.4, -0.2) is 52.4 Å². The lowest BCUT2D eigenvalue weighted by molar-refractivity contribution is 0.470. The van der Waals surface area contributed by atoms with E-state index in [4.69, 9.17) is 4.12 Å². The highest BCUT2D eigenvalue weighted by Gasteiger charge is 2.32. The Labute approximate surface area is 244 Å². The molecule has 0 bridgehead atoms. The highest BCUT2D eigenvalue weighted by molar-refractivity contribution is 9.11. The van der Waals surface area contributed by atoms with Crippen LogP contribution < -0.4 is 0 Å². The minimum Gasteiger partial charge on any atom is -0.506 e. The van der Waals surface area contributed by atoms with Gasteiger partial charge in [-0.3, -0.25) is 9.98 Å². The van der Waals surface area contributed by atoms with Gasteiger partial charge in [0.15, 0.2) is 16.6 Å². The zero-order valence-electron chi connectivity index (χ0n) is 20.4. The van der Waals surface area contributed by atoms with Gasteiger partial charge in [-0.1, -0.05) is 31.9 Å². The Bertz CT molecular complexity index is 996. The lowest BCUT2D eigenvalue weighted by atomic mass is 10.2. The molecule has 0 aliphatic carbocycles. The van der Waals surface area contributed by atoms with Gasteiger partial charge in [-0.25, -0.2) is 0 Å². The quantitative estimate of drug-likeness (QED) is 0.129. The molecule has 2 rings (SSSR count). The van der Waals surface area contributed by atoms with Gasteiger partial charge < -0.3 is 14.3 Å². The second-order valence-corrected chi connectivity index (χ2v) is 21.9. The molecule has 0 heterocycles. The van der Waals surface area contributed by atoms with Gasteiger partial charge >= 0.3 is 0 Å². The predicted octanol–water partition coefficient (Wildman–Crippen LogP) is 8.89. The SMILES string of the molecule is C[Si](C)(CCCN=Cc1cc(Br)cc(Br)c1O)O[Si](C)(C)CCCN=Cc1cc(Br)cc(Br)c1O. The second kappa shape index (κ2) is 14.0. The lowest BCUT2D eigenvalue weighted by Gasteiger charge is -2.34. The Morgan fingerprint density at radius 1 is 0.714 bits per heavy atom. The van der Waals surface area contributed by atoms with Crippen LogP contribution in [0.3, 0.4) is 0 Å². The van der Waals surface area contributed by atoms with Crippen LogP contribution in [0.25, 0.3) is 0 Å². The van der Waals surface area contributed by atoms with Crippen molar-refractivity contribution in [1.29, 1.82) is 0 Å². The van der Waals surface area contributed by atoms with E-state index in [2.05, 4.69) is 99.9 Å². The third-order valence-corrected chi connectivity index (χ3v) is 14.9. The molecule has 0 spiro atoms. The van der Waals surface area contributed by atoms with Crippen molar-refractivity contribution in [3.63, 3.8) is 0 Å². The molecule has 0 saturated heterocycles. The van der Waals surface area contributed by atoms with E-state index in [1.807, 2.05) is 24.3 Å². The van der Waals surface area contributed by atoms with Crippen LogP contribution in [0.15, 0.2) is 52.1 Å². The fourth-order valence-electron chi connectivity index (χ4n) is 3.74. The molecule has 2 aromatic carbocycles. The molecule has 2 N–H and O–H groups in total. The Hall–Kier alpha value is -0.306. The maximum atomic E-state index is 10.1. The molecule has 5 nitrogen and oxygen atoms in total. The third kappa shape index (κ3) is 10.9. The molecule has 192 valence electrons. The van der Waals surface area contributed by atoms with Crippen LogP contribution in [0, 0.1) is 0 Å². The summed E-state index contributed by atoms with van der Waals surface area (Å²) in [5.41, 5.74) is 1.39. The molecule has 0 unspecified atom stereocenters. The van der Waals surface area contributed by atoms with Gasteiger partial charge in [0.05, 0.1) is 8.95 Å². The van der Waals surface area contributed by atoms with Crippen LogP contribution in [0.1, 0.15) is 24.0 Å². The summed E-state index contributed by atoms with van der Waals surface area (Å²) in [5, 5.41) is 20.3. The van der Waals surface area contributed by atoms with Crippen molar-refractivity contribution in [3.8, 4) is 11.5 Å². The third-order valence-electron chi connectivity index (χ3n) is 5.26. The van der Waals surface area contributed by atoms with Gasteiger partial charge in [0.2, 0.25) is 0 Å². The molecule has 11 heteroatoms. The van der Waals surface area contributed by atoms with E-state index in [1.54, 1.807) is 12.4 Å². The highest BCUT2D eigenvalue weighted by Crippen LogP contribution is 2.32. The molecule has 0 aromatic heterocycles. The summed E-state index contributed by atoms with van der Waals surface area (Å²) < 4.78 is 9.80. The largest absolute Gasteiger partial charge is 0.506 e. The van der Waals surface area contributed by atoms with Gasteiger partial charge in [0, 0.05) is 45.6 Å². The molecule has 0 radical (unpaired) electrons. The van der Waals surface area contributed by atoms with E-state index in [1.165, 1.54) is 0 Å². The first-order valence-corrected chi connectivity index (χ1v) is 20.8. The second-order valence-electron chi connectivity index (χ2n) is 9.55.